The summed E-state index contributed by atoms with van der Waals surface area (Å²) < 4.78 is 7.06. The molecule has 0 aliphatic carbocycles. The molecule has 0 unspecified atom stereocenters. The highest BCUT2D eigenvalue weighted by atomic mass is 35.5. The van der Waals surface area contributed by atoms with Crippen molar-refractivity contribution in [2.45, 2.75) is 12.6 Å². The molecule has 0 radical (unpaired) electrons. The number of nitrogens with two attached hydrogens (primary N) is 1. The molecule has 94 valence electrons. The van der Waals surface area contributed by atoms with Crippen LogP contribution in [-0.4, -0.2) is 39.9 Å². The lowest BCUT2D eigenvalue weighted by Gasteiger charge is -2.14. The van der Waals surface area contributed by atoms with Crippen molar-refractivity contribution < 1.29 is 9.84 Å². The van der Waals surface area contributed by atoms with Crippen LogP contribution in [0.25, 0.3) is 0 Å². The highest BCUT2D eigenvalue weighted by molar-refractivity contribution is 5.85. The maximum Gasteiger partial charge on any atom is 0.108 e. The number of halogens is 2. The first-order valence-corrected chi connectivity index (χ1v) is 4.64. The third kappa shape index (κ3) is 3.05. The molecule has 8 heteroatoms. The molecule has 1 aromatic heterocycles. The molecule has 3 N–H and O–H groups in total. The third-order valence-corrected chi connectivity index (χ3v) is 2.53. The molecule has 6 nitrogen and oxygen atoms in total. The summed E-state index contributed by atoms with van der Waals surface area (Å²) in [5.41, 5.74) is 6.19. The van der Waals surface area contributed by atoms with Gasteiger partial charge in [-0.05, 0) is 6.54 Å². The summed E-state index contributed by atoms with van der Waals surface area (Å²) in [5.74, 6) is 0.295. The minimum Gasteiger partial charge on any atom is -0.390 e. The number of hydrogen-bond donors (Lipinski definition) is 2. The Morgan fingerprint density at radius 1 is 1.50 bits per heavy atom. The summed E-state index contributed by atoms with van der Waals surface area (Å²) in [7, 11) is 0. The number of nitrogens with zero attached hydrogens (tertiary/aromatic N) is 3. The molecule has 1 saturated heterocycles. The molecule has 2 heterocycles. The van der Waals surface area contributed by atoms with E-state index in [4.69, 9.17) is 15.6 Å². The van der Waals surface area contributed by atoms with Crippen molar-refractivity contribution in [2.75, 3.05) is 19.8 Å². The van der Waals surface area contributed by atoms with Gasteiger partial charge in [-0.25, -0.2) is 4.68 Å². The molecule has 1 aromatic rings. The molecule has 0 spiro atoms. The van der Waals surface area contributed by atoms with Crippen LogP contribution in [0.2, 0.25) is 0 Å². The SMILES string of the molecule is Cl.Cl.NC[C@@H]1COC[C@H]1n1cc(CO)nn1. The predicted molar refractivity (Wildman–Crippen MR) is 62.8 cm³/mol. The van der Waals surface area contributed by atoms with Crippen LogP contribution < -0.4 is 5.73 Å². The first-order chi connectivity index (χ1) is 6.85. The number of aliphatic hydroxyl groups is 1. The number of aromatic nitrogens is 3. The summed E-state index contributed by atoms with van der Waals surface area (Å²) in [5, 5.41) is 16.6. The summed E-state index contributed by atoms with van der Waals surface area (Å²) in [6.07, 6.45) is 1.74. The van der Waals surface area contributed by atoms with Gasteiger partial charge >= 0.3 is 0 Å². The summed E-state index contributed by atoms with van der Waals surface area (Å²) in [6.45, 7) is 1.80. The van der Waals surface area contributed by atoms with Crippen molar-refractivity contribution in [1.82, 2.24) is 15.0 Å². The highest BCUT2D eigenvalue weighted by Crippen LogP contribution is 2.23. The fourth-order valence-electron chi connectivity index (χ4n) is 1.65. The van der Waals surface area contributed by atoms with Gasteiger partial charge in [-0.15, -0.1) is 29.9 Å². The van der Waals surface area contributed by atoms with Gasteiger partial charge in [0.25, 0.3) is 0 Å². The minimum atomic E-state index is -0.0825. The van der Waals surface area contributed by atoms with E-state index in [-0.39, 0.29) is 37.5 Å². The quantitative estimate of drug-likeness (QED) is 0.792. The molecule has 1 aliphatic heterocycles. The Morgan fingerprint density at radius 3 is 2.81 bits per heavy atom. The Balaban J connectivity index is 0.00000112. The number of ether oxygens (including phenoxy) is 1. The van der Waals surface area contributed by atoms with Crippen LogP contribution in [0.1, 0.15) is 11.7 Å². The van der Waals surface area contributed by atoms with Crippen LogP contribution >= 0.6 is 24.8 Å². The van der Waals surface area contributed by atoms with Crippen LogP contribution in [0.4, 0.5) is 0 Å². The molecular weight excluding hydrogens is 255 g/mol. The lowest BCUT2D eigenvalue weighted by molar-refractivity contribution is 0.180. The van der Waals surface area contributed by atoms with Crippen LogP contribution in [0, 0.1) is 5.92 Å². The normalized spacial score (nSPS) is 23.6. The Bertz CT molecular complexity index is 310. The summed E-state index contributed by atoms with van der Waals surface area (Å²) in [4.78, 5) is 0. The molecule has 16 heavy (non-hydrogen) atoms. The van der Waals surface area contributed by atoms with E-state index in [9.17, 15) is 0 Å². The predicted octanol–water partition coefficient (Wildman–Crippen LogP) is -0.240. The zero-order chi connectivity index (χ0) is 9.97. The van der Waals surface area contributed by atoms with Crippen molar-refractivity contribution in [3.8, 4) is 0 Å². The second-order valence-electron chi connectivity index (χ2n) is 3.45. The van der Waals surface area contributed by atoms with Crippen LogP contribution in [0.3, 0.4) is 0 Å². The Labute approximate surface area is 106 Å². The number of aliphatic hydroxyl groups excluding tert-OH is 1. The van der Waals surface area contributed by atoms with E-state index in [0.717, 1.165) is 0 Å². The van der Waals surface area contributed by atoms with Crippen molar-refractivity contribution in [3.05, 3.63) is 11.9 Å². The molecule has 2 rings (SSSR count). The van der Waals surface area contributed by atoms with Crippen LogP contribution in [0.5, 0.6) is 0 Å². The average Bonchev–Trinajstić information content (AvgIpc) is 2.85. The molecule has 1 aliphatic rings. The van der Waals surface area contributed by atoms with Gasteiger partial charge in [-0.3, -0.25) is 0 Å². The van der Waals surface area contributed by atoms with E-state index in [1.54, 1.807) is 10.9 Å². The largest absolute Gasteiger partial charge is 0.390 e. The van der Waals surface area contributed by atoms with E-state index >= 15 is 0 Å². The summed E-state index contributed by atoms with van der Waals surface area (Å²) >= 11 is 0. The lowest BCUT2D eigenvalue weighted by atomic mass is 10.0. The Morgan fingerprint density at radius 2 is 2.25 bits per heavy atom. The van der Waals surface area contributed by atoms with Crippen molar-refractivity contribution in [1.29, 1.82) is 0 Å². The van der Waals surface area contributed by atoms with Gasteiger partial charge in [0.05, 0.1) is 32.1 Å². The van der Waals surface area contributed by atoms with E-state index < -0.39 is 0 Å². The molecule has 2 atom stereocenters. The van der Waals surface area contributed by atoms with Crippen molar-refractivity contribution in [3.63, 3.8) is 0 Å². The van der Waals surface area contributed by atoms with Gasteiger partial charge in [0.15, 0.2) is 0 Å². The fraction of sp³-hybridized carbons (Fsp3) is 0.750. The zero-order valence-corrected chi connectivity index (χ0v) is 10.3. The number of hydrogen-bond acceptors (Lipinski definition) is 5. The van der Waals surface area contributed by atoms with Crippen LogP contribution in [0.15, 0.2) is 6.20 Å². The van der Waals surface area contributed by atoms with E-state index in [1.807, 2.05) is 0 Å². The molecule has 0 aromatic carbocycles. The maximum atomic E-state index is 8.85. The third-order valence-electron chi connectivity index (χ3n) is 2.53. The molecule has 1 fully saturated rings. The van der Waals surface area contributed by atoms with Gasteiger partial charge < -0.3 is 15.6 Å². The second-order valence-corrected chi connectivity index (χ2v) is 3.45. The van der Waals surface area contributed by atoms with Gasteiger partial charge in [-0.2, -0.15) is 0 Å². The smallest absolute Gasteiger partial charge is 0.108 e. The average molecular weight is 271 g/mol. The topological polar surface area (TPSA) is 86.2 Å². The van der Waals surface area contributed by atoms with Gasteiger partial charge in [0, 0.05) is 5.92 Å². The standard InChI is InChI=1S/C8H14N4O2.2ClH/c9-1-6-4-14-5-8(6)12-2-7(3-13)10-11-12;;/h2,6,8,13H,1,3-5,9H2;2*1H/t6-,8-;;/m1../s1. The zero-order valence-electron chi connectivity index (χ0n) is 8.65. The first-order valence-electron chi connectivity index (χ1n) is 4.64. The monoisotopic (exact) mass is 270 g/mol. The molecular formula is C8H16Cl2N4O2. The van der Waals surface area contributed by atoms with Gasteiger partial charge in [0.1, 0.15) is 5.69 Å². The maximum absolute atomic E-state index is 8.85. The van der Waals surface area contributed by atoms with Gasteiger partial charge in [-0.1, -0.05) is 5.21 Å². The van der Waals surface area contributed by atoms with E-state index in [1.165, 1.54) is 0 Å². The molecule has 0 amide bonds. The van der Waals surface area contributed by atoms with Crippen molar-refractivity contribution >= 4 is 24.8 Å². The molecule has 0 bridgehead atoms. The summed E-state index contributed by atoms with van der Waals surface area (Å²) in [6, 6.07) is 0.160. The lowest BCUT2D eigenvalue weighted by Crippen LogP contribution is -2.25. The Kier molecular flexibility index (Phi) is 6.85. The van der Waals surface area contributed by atoms with Crippen LogP contribution in [-0.2, 0) is 11.3 Å². The molecule has 0 saturated carbocycles. The van der Waals surface area contributed by atoms with E-state index in [0.29, 0.717) is 31.4 Å². The number of rotatable bonds is 3. The fourth-order valence-corrected chi connectivity index (χ4v) is 1.65. The van der Waals surface area contributed by atoms with Gasteiger partial charge in [0.2, 0.25) is 0 Å². The minimum absolute atomic E-state index is 0. The van der Waals surface area contributed by atoms with Crippen molar-refractivity contribution in [2.24, 2.45) is 11.7 Å². The van der Waals surface area contributed by atoms with E-state index in [2.05, 4.69) is 10.3 Å². The highest BCUT2D eigenvalue weighted by Gasteiger charge is 2.29. The Hall–Kier alpha value is -0.400. The first kappa shape index (κ1) is 15.6. The second kappa shape index (κ2) is 7.03.